The first kappa shape index (κ1) is 19.0. The number of hydrogen-bond acceptors (Lipinski definition) is 4. The molecule has 2 heterocycles. The molecule has 0 spiro atoms. The normalized spacial score (nSPS) is 11.0. The maximum Gasteiger partial charge on any atom is 0.133 e. The van der Waals surface area contributed by atoms with Crippen molar-refractivity contribution in [3.8, 4) is 16.9 Å². The number of nitrogens with zero attached hydrogens (tertiary/aromatic N) is 2. The van der Waals surface area contributed by atoms with Crippen molar-refractivity contribution in [1.29, 1.82) is 0 Å². The average molecular weight is 391 g/mol. The lowest BCUT2D eigenvalue weighted by molar-refractivity contribution is 0.314. The van der Waals surface area contributed by atoms with Gasteiger partial charge in [-0.2, -0.15) is 0 Å². The first-order chi connectivity index (χ1) is 14.2. The second-order valence-electron chi connectivity index (χ2n) is 6.59. The van der Waals surface area contributed by atoms with Gasteiger partial charge in [-0.3, -0.25) is 9.97 Å². The van der Waals surface area contributed by atoms with Crippen molar-refractivity contribution < 1.29 is 13.5 Å². The van der Waals surface area contributed by atoms with Crippen LogP contribution in [0, 0.1) is 11.6 Å². The third-order valence-electron chi connectivity index (χ3n) is 4.49. The van der Waals surface area contributed by atoms with Gasteiger partial charge in [-0.15, -0.1) is 0 Å². The molecular weight excluding hydrogens is 372 g/mol. The molecule has 0 atom stereocenters. The molecule has 4 rings (SSSR count). The zero-order chi connectivity index (χ0) is 20.1. The fourth-order valence-corrected chi connectivity index (χ4v) is 3.06. The monoisotopic (exact) mass is 391 g/mol. The van der Waals surface area contributed by atoms with Gasteiger partial charge in [0.25, 0.3) is 0 Å². The van der Waals surface area contributed by atoms with Crippen LogP contribution in [0.5, 0.6) is 5.75 Å². The summed E-state index contributed by atoms with van der Waals surface area (Å²) in [6.45, 7) is 1.69. The zero-order valence-corrected chi connectivity index (χ0v) is 15.6. The molecule has 0 bridgehead atoms. The third kappa shape index (κ3) is 4.73. The lowest BCUT2D eigenvalue weighted by Crippen LogP contribution is -2.20. The highest BCUT2D eigenvalue weighted by Crippen LogP contribution is 2.23. The summed E-state index contributed by atoms with van der Waals surface area (Å²) in [5.74, 6) is -0.428. The Bertz CT molecular complexity index is 1130. The molecule has 2 aromatic heterocycles. The summed E-state index contributed by atoms with van der Waals surface area (Å²) in [6.07, 6.45) is 5.04. The van der Waals surface area contributed by atoms with Crippen LogP contribution in [0.2, 0.25) is 0 Å². The summed E-state index contributed by atoms with van der Waals surface area (Å²) in [5.41, 5.74) is 2.74. The number of fused-ring (bicyclic) bond motifs is 1. The second-order valence-corrected chi connectivity index (χ2v) is 6.59. The molecule has 4 aromatic rings. The van der Waals surface area contributed by atoms with Gasteiger partial charge in [0.2, 0.25) is 0 Å². The lowest BCUT2D eigenvalue weighted by atomic mass is 10.1. The molecule has 29 heavy (non-hydrogen) atoms. The van der Waals surface area contributed by atoms with E-state index in [9.17, 15) is 8.78 Å². The van der Waals surface area contributed by atoms with Crippen LogP contribution in [0.3, 0.4) is 0 Å². The predicted molar refractivity (Wildman–Crippen MR) is 109 cm³/mol. The van der Waals surface area contributed by atoms with Crippen LogP contribution in [-0.2, 0) is 6.54 Å². The van der Waals surface area contributed by atoms with E-state index in [1.807, 2.05) is 36.4 Å². The van der Waals surface area contributed by atoms with Crippen molar-refractivity contribution >= 4 is 10.9 Å². The van der Waals surface area contributed by atoms with Crippen molar-refractivity contribution in [2.45, 2.75) is 6.54 Å². The molecule has 0 saturated carbocycles. The molecule has 0 aliphatic carbocycles. The van der Waals surface area contributed by atoms with E-state index in [0.29, 0.717) is 30.8 Å². The van der Waals surface area contributed by atoms with Gasteiger partial charge >= 0.3 is 0 Å². The van der Waals surface area contributed by atoms with Gasteiger partial charge < -0.3 is 10.1 Å². The van der Waals surface area contributed by atoms with Crippen LogP contribution in [0.15, 0.2) is 73.2 Å². The van der Waals surface area contributed by atoms with Crippen molar-refractivity contribution in [1.82, 2.24) is 15.3 Å². The Labute approximate surface area is 167 Å². The summed E-state index contributed by atoms with van der Waals surface area (Å²) in [6, 6.07) is 15.1. The van der Waals surface area contributed by atoms with Crippen molar-refractivity contribution in [3.05, 3.63) is 90.4 Å². The molecule has 146 valence electrons. The zero-order valence-electron chi connectivity index (χ0n) is 15.6. The van der Waals surface area contributed by atoms with Crippen LogP contribution in [0.1, 0.15) is 5.56 Å². The van der Waals surface area contributed by atoms with Gasteiger partial charge in [-0.1, -0.05) is 6.07 Å². The molecule has 0 aliphatic rings. The van der Waals surface area contributed by atoms with Gasteiger partial charge in [0.15, 0.2) is 0 Å². The molecule has 0 fully saturated rings. The SMILES string of the molecule is Fc1ccc(-c2cncc(CNCCOc3ccc4cccnc4c3)c2)c(F)c1. The first-order valence-corrected chi connectivity index (χ1v) is 9.27. The van der Waals surface area contributed by atoms with E-state index in [1.54, 1.807) is 18.6 Å². The van der Waals surface area contributed by atoms with E-state index in [4.69, 9.17) is 4.74 Å². The minimum Gasteiger partial charge on any atom is -0.492 e. The number of ether oxygens (including phenoxy) is 1. The summed E-state index contributed by atoms with van der Waals surface area (Å²) < 4.78 is 32.8. The van der Waals surface area contributed by atoms with Crippen LogP contribution in [0.25, 0.3) is 22.0 Å². The smallest absolute Gasteiger partial charge is 0.133 e. The molecule has 0 unspecified atom stereocenters. The first-order valence-electron chi connectivity index (χ1n) is 9.27. The largest absolute Gasteiger partial charge is 0.492 e. The maximum atomic E-state index is 14.0. The fraction of sp³-hybridized carbons (Fsp3) is 0.130. The number of nitrogens with one attached hydrogen (secondary N) is 1. The number of pyridine rings is 2. The predicted octanol–water partition coefficient (Wildman–Crippen LogP) is 4.74. The Morgan fingerprint density at radius 3 is 2.79 bits per heavy atom. The summed E-state index contributed by atoms with van der Waals surface area (Å²) in [7, 11) is 0. The molecule has 0 amide bonds. The number of aromatic nitrogens is 2. The Morgan fingerprint density at radius 2 is 1.90 bits per heavy atom. The summed E-state index contributed by atoms with van der Waals surface area (Å²) in [5, 5.41) is 4.35. The topological polar surface area (TPSA) is 47.0 Å². The van der Waals surface area contributed by atoms with Gasteiger partial charge in [0, 0.05) is 60.3 Å². The van der Waals surface area contributed by atoms with Gasteiger partial charge in [-0.25, -0.2) is 8.78 Å². The van der Waals surface area contributed by atoms with Crippen molar-refractivity contribution in [3.63, 3.8) is 0 Å². The van der Waals surface area contributed by atoms with Gasteiger partial charge in [0.05, 0.1) is 5.52 Å². The van der Waals surface area contributed by atoms with E-state index in [-0.39, 0.29) is 0 Å². The highest BCUT2D eigenvalue weighted by molar-refractivity contribution is 5.79. The molecule has 0 aliphatic heterocycles. The number of benzene rings is 2. The molecule has 0 saturated heterocycles. The Morgan fingerprint density at radius 1 is 0.966 bits per heavy atom. The second kappa shape index (κ2) is 8.75. The van der Waals surface area contributed by atoms with Crippen molar-refractivity contribution in [2.75, 3.05) is 13.2 Å². The highest BCUT2D eigenvalue weighted by Gasteiger charge is 2.07. The fourth-order valence-electron chi connectivity index (χ4n) is 3.06. The van der Waals surface area contributed by atoms with Crippen molar-refractivity contribution in [2.24, 2.45) is 0 Å². The Balaban J connectivity index is 1.30. The minimum absolute atomic E-state index is 0.328. The average Bonchev–Trinajstić information content (AvgIpc) is 2.73. The molecule has 4 nitrogen and oxygen atoms in total. The molecule has 1 N–H and O–H groups in total. The molecular formula is C23H19F2N3O. The number of hydrogen-bond donors (Lipinski definition) is 1. The van der Waals surface area contributed by atoms with Gasteiger partial charge in [-0.05, 0) is 42.0 Å². The molecule has 0 radical (unpaired) electrons. The minimum atomic E-state index is -0.602. The van der Waals surface area contributed by atoms with Crippen LogP contribution in [0.4, 0.5) is 8.78 Å². The molecule has 2 aromatic carbocycles. The van der Waals surface area contributed by atoms with E-state index >= 15 is 0 Å². The summed E-state index contributed by atoms with van der Waals surface area (Å²) >= 11 is 0. The standard InChI is InChI=1S/C23H19F2N3O/c24-19-4-6-21(22(25)11-19)18-10-16(14-27-15-18)13-26-8-9-29-20-5-3-17-2-1-7-28-23(17)12-20/h1-7,10-12,14-15,26H,8-9,13H2. The number of halogens is 2. The summed E-state index contributed by atoms with van der Waals surface area (Å²) in [4.78, 5) is 8.48. The lowest BCUT2D eigenvalue weighted by Gasteiger charge is -2.09. The highest BCUT2D eigenvalue weighted by atomic mass is 19.1. The van der Waals surface area contributed by atoms with E-state index < -0.39 is 11.6 Å². The van der Waals surface area contributed by atoms with Crippen LogP contribution < -0.4 is 10.1 Å². The number of rotatable bonds is 7. The molecule has 6 heteroatoms. The van der Waals surface area contributed by atoms with Crippen LogP contribution in [-0.4, -0.2) is 23.1 Å². The van der Waals surface area contributed by atoms with Crippen LogP contribution >= 0.6 is 0 Å². The van der Waals surface area contributed by atoms with Gasteiger partial charge in [0.1, 0.15) is 24.0 Å². The Hall–Kier alpha value is -3.38. The van der Waals surface area contributed by atoms with E-state index in [0.717, 1.165) is 28.3 Å². The van der Waals surface area contributed by atoms with E-state index in [2.05, 4.69) is 15.3 Å². The Kier molecular flexibility index (Phi) is 5.72. The third-order valence-corrected chi connectivity index (χ3v) is 4.49. The van der Waals surface area contributed by atoms with E-state index in [1.165, 1.54) is 12.1 Å². The quantitative estimate of drug-likeness (QED) is 0.462. The maximum absolute atomic E-state index is 14.0.